The summed E-state index contributed by atoms with van der Waals surface area (Å²) >= 11 is 0. The molecule has 2 atom stereocenters. The third-order valence-electron chi connectivity index (χ3n) is 4.68. The Hall–Kier alpha value is -0.0800. The molecule has 2 nitrogen and oxygen atoms in total. The van der Waals surface area contributed by atoms with Gasteiger partial charge in [0.15, 0.2) is 0 Å². The minimum absolute atomic E-state index is 1.05. The van der Waals surface area contributed by atoms with Gasteiger partial charge in [0.2, 0.25) is 0 Å². The number of hydrogen-bond acceptors (Lipinski definition) is 2. The zero-order valence-corrected chi connectivity index (χ0v) is 11.1. The second-order valence-corrected chi connectivity index (χ2v) is 5.59. The van der Waals surface area contributed by atoms with Gasteiger partial charge in [0.1, 0.15) is 0 Å². The van der Waals surface area contributed by atoms with Crippen LogP contribution >= 0.6 is 0 Å². The third-order valence-corrected chi connectivity index (χ3v) is 4.68. The van der Waals surface area contributed by atoms with Crippen LogP contribution in [0, 0.1) is 11.8 Å². The van der Waals surface area contributed by atoms with Crippen molar-refractivity contribution in [1.29, 1.82) is 0 Å². The zero-order valence-electron chi connectivity index (χ0n) is 11.1. The van der Waals surface area contributed by atoms with Gasteiger partial charge in [-0.1, -0.05) is 26.7 Å². The Kier molecular flexibility index (Phi) is 4.66. The van der Waals surface area contributed by atoms with Crippen LogP contribution in [-0.2, 0) is 0 Å². The average molecular weight is 224 g/mol. The summed E-state index contributed by atoms with van der Waals surface area (Å²) < 4.78 is 0. The average Bonchev–Trinajstić information content (AvgIpc) is 2.73. The van der Waals surface area contributed by atoms with Crippen molar-refractivity contribution in [2.24, 2.45) is 11.8 Å². The number of likely N-dealkylation sites (N-methyl/N-ethyl adjacent to an activating group) is 1. The van der Waals surface area contributed by atoms with Crippen LogP contribution in [0.2, 0.25) is 0 Å². The number of fused-ring (bicyclic) bond motifs is 1. The van der Waals surface area contributed by atoms with Gasteiger partial charge in [-0.15, -0.1) is 0 Å². The molecule has 0 bridgehead atoms. The lowest BCUT2D eigenvalue weighted by Gasteiger charge is -2.23. The Labute approximate surface area is 101 Å². The summed E-state index contributed by atoms with van der Waals surface area (Å²) in [7, 11) is 0. The number of hydrogen-bond donors (Lipinski definition) is 0. The lowest BCUT2D eigenvalue weighted by Crippen LogP contribution is -2.34. The summed E-state index contributed by atoms with van der Waals surface area (Å²) in [4.78, 5) is 5.26. The van der Waals surface area contributed by atoms with Gasteiger partial charge in [-0.3, -0.25) is 0 Å². The molecule has 2 fully saturated rings. The minimum atomic E-state index is 1.05. The summed E-state index contributed by atoms with van der Waals surface area (Å²) in [6.07, 6.45) is 6.00. The topological polar surface area (TPSA) is 6.48 Å². The predicted octanol–water partition coefficient (Wildman–Crippen LogP) is 2.45. The van der Waals surface area contributed by atoms with E-state index in [9.17, 15) is 0 Å². The minimum Gasteiger partial charge on any atom is -0.303 e. The maximum Gasteiger partial charge on any atom is 0.0110 e. The summed E-state index contributed by atoms with van der Waals surface area (Å²) in [6.45, 7) is 12.3. The highest BCUT2D eigenvalue weighted by Crippen LogP contribution is 2.35. The number of likely N-dealkylation sites (tertiary alicyclic amines) is 1. The lowest BCUT2D eigenvalue weighted by molar-refractivity contribution is 0.235. The van der Waals surface area contributed by atoms with Crippen molar-refractivity contribution in [3.05, 3.63) is 0 Å². The fourth-order valence-corrected chi connectivity index (χ4v) is 3.51. The highest BCUT2D eigenvalue weighted by molar-refractivity contribution is 4.86. The van der Waals surface area contributed by atoms with Crippen LogP contribution in [-0.4, -0.2) is 49.1 Å². The number of rotatable bonds is 5. The molecule has 16 heavy (non-hydrogen) atoms. The monoisotopic (exact) mass is 224 g/mol. The van der Waals surface area contributed by atoms with E-state index in [-0.39, 0.29) is 0 Å². The van der Waals surface area contributed by atoms with Gasteiger partial charge in [-0.25, -0.2) is 0 Å². The SMILES string of the molecule is CCN(CC)CCN1C[C@@H]2CCCC[C@H]2C1. The van der Waals surface area contributed by atoms with E-state index in [0.29, 0.717) is 0 Å². The molecule has 0 aromatic rings. The van der Waals surface area contributed by atoms with Crippen molar-refractivity contribution >= 4 is 0 Å². The molecule has 0 N–H and O–H groups in total. The molecule has 0 aromatic carbocycles. The van der Waals surface area contributed by atoms with Crippen molar-refractivity contribution in [3.63, 3.8) is 0 Å². The Morgan fingerprint density at radius 1 is 1.00 bits per heavy atom. The smallest absolute Gasteiger partial charge is 0.0110 e. The molecule has 1 saturated carbocycles. The molecule has 0 unspecified atom stereocenters. The van der Waals surface area contributed by atoms with Crippen molar-refractivity contribution in [2.45, 2.75) is 39.5 Å². The van der Waals surface area contributed by atoms with Crippen molar-refractivity contribution < 1.29 is 0 Å². The molecule has 1 saturated heterocycles. The first-order valence-electron chi connectivity index (χ1n) is 7.28. The molecule has 0 aromatic heterocycles. The summed E-state index contributed by atoms with van der Waals surface area (Å²) in [5.41, 5.74) is 0. The van der Waals surface area contributed by atoms with Gasteiger partial charge in [0, 0.05) is 26.2 Å². The van der Waals surface area contributed by atoms with Crippen molar-refractivity contribution in [1.82, 2.24) is 9.80 Å². The van der Waals surface area contributed by atoms with Crippen LogP contribution < -0.4 is 0 Å². The molecule has 0 amide bonds. The quantitative estimate of drug-likeness (QED) is 0.708. The summed E-state index contributed by atoms with van der Waals surface area (Å²) in [5, 5.41) is 0. The zero-order chi connectivity index (χ0) is 11.4. The van der Waals surface area contributed by atoms with Crippen LogP contribution in [0.1, 0.15) is 39.5 Å². The molecule has 1 aliphatic carbocycles. The van der Waals surface area contributed by atoms with Gasteiger partial charge in [-0.05, 0) is 37.8 Å². The molecule has 0 spiro atoms. The molecule has 2 heteroatoms. The van der Waals surface area contributed by atoms with Crippen LogP contribution in [0.4, 0.5) is 0 Å². The predicted molar refractivity (Wildman–Crippen MR) is 69.7 cm³/mol. The van der Waals surface area contributed by atoms with Gasteiger partial charge < -0.3 is 9.80 Å². The van der Waals surface area contributed by atoms with Gasteiger partial charge in [0.05, 0.1) is 0 Å². The van der Waals surface area contributed by atoms with Crippen LogP contribution in [0.15, 0.2) is 0 Å². The first-order chi connectivity index (χ1) is 7.83. The first kappa shape index (κ1) is 12.4. The van der Waals surface area contributed by atoms with E-state index in [1.807, 2.05) is 0 Å². The summed E-state index contributed by atoms with van der Waals surface area (Å²) in [5.74, 6) is 2.09. The molecule has 2 rings (SSSR count). The fraction of sp³-hybridized carbons (Fsp3) is 1.00. The van der Waals surface area contributed by atoms with E-state index < -0.39 is 0 Å². The van der Waals surface area contributed by atoms with E-state index in [1.54, 1.807) is 0 Å². The Morgan fingerprint density at radius 2 is 1.56 bits per heavy atom. The summed E-state index contributed by atoms with van der Waals surface area (Å²) in [6, 6.07) is 0. The fourth-order valence-electron chi connectivity index (χ4n) is 3.51. The van der Waals surface area contributed by atoms with Gasteiger partial charge in [0.25, 0.3) is 0 Å². The Balaban J connectivity index is 1.71. The van der Waals surface area contributed by atoms with E-state index in [2.05, 4.69) is 23.6 Å². The van der Waals surface area contributed by atoms with E-state index in [4.69, 9.17) is 0 Å². The van der Waals surface area contributed by atoms with Crippen LogP contribution in [0.3, 0.4) is 0 Å². The second kappa shape index (κ2) is 6.02. The highest BCUT2D eigenvalue weighted by atomic mass is 15.2. The van der Waals surface area contributed by atoms with Gasteiger partial charge >= 0.3 is 0 Å². The van der Waals surface area contributed by atoms with Crippen LogP contribution in [0.25, 0.3) is 0 Å². The first-order valence-corrected chi connectivity index (χ1v) is 7.28. The molecule has 1 aliphatic heterocycles. The van der Waals surface area contributed by atoms with Crippen molar-refractivity contribution in [2.75, 3.05) is 39.3 Å². The normalized spacial score (nSPS) is 30.9. The molecule has 2 aliphatic rings. The van der Waals surface area contributed by atoms with E-state index in [1.165, 1.54) is 65.0 Å². The standard InChI is InChI=1S/C14H28N2/c1-3-15(4-2)9-10-16-11-13-7-5-6-8-14(13)12-16/h13-14H,3-12H2,1-2H3/t13-,14-/m0/s1. The van der Waals surface area contributed by atoms with Crippen molar-refractivity contribution in [3.8, 4) is 0 Å². The largest absolute Gasteiger partial charge is 0.303 e. The molecular formula is C14H28N2. The highest BCUT2D eigenvalue weighted by Gasteiger charge is 2.33. The second-order valence-electron chi connectivity index (χ2n) is 5.59. The number of nitrogens with zero attached hydrogens (tertiary/aromatic N) is 2. The third kappa shape index (κ3) is 2.98. The maximum absolute atomic E-state index is 2.72. The Bertz CT molecular complexity index is 187. The lowest BCUT2D eigenvalue weighted by atomic mass is 9.82. The van der Waals surface area contributed by atoms with Gasteiger partial charge in [-0.2, -0.15) is 0 Å². The maximum atomic E-state index is 2.72. The van der Waals surface area contributed by atoms with E-state index in [0.717, 1.165) is 11.8 Å². The Morgan fingerprint density at radius 3 is 2.06 bits per heavy atom. The van der Waals surface area contributed by atoms with Crippen LogP contribution in [0.5, 0.6) is 0 Å². The molecule has 0 radical (unpaired) electrons. The molecule has 94 valence electrons. The molecule has 1 heterocycles. The molecular weight excluding hydrogens is 196 g/mol. The van der Waals surface area contributed by atoms with E-state index >= 15 is 0 Å².